The molecule has 4 rings (SSSR count). The van der Waals surface area contributed by atoms with Crippen LogP contribution in [-0.2, 0) is 6.11 Å². The molecule has 11 heteroatoms. The molecular formula is C25H12F8O3. The topological polar surface area (TPSA) is 35.5 Å². The van der Waals surface area contributed by atoms with E-state index in [1.54, 1.807) is 19.1 Å². The lowest BCUT2D eigenvalue weighted by Crippen LogP contribution is -2.24. The Balaban J connectivity index is 1.63. The quantitative estimate of drug-likeness (QED) is 0.122. The molecule has 3 nitrogen and oxygen atoms in total. The highest BCUT2D eigenvalue weighted by atomic mass is 19.3. The Hall–Kier alpha value is -4.15. The molecule has 0 atom stereocenters. The van der Waals surface area contributed by atoms with E-state index in [9.17, 15) is 39.9 Å². The summed E-state index contributed by atoms with van der Waals surface area (Å²) < 4.78 is 122. The second kappa shape index (κ2) is 9.14. The van der Waals surface area contributed by atoms with Crippen LogP contribution in [0.4, 0.5) is 35.1 Å². The molecule has 0 bridgehead atoms. The lowest BCUT2D eigenvalue weighted by atomic mass is 10.1. The van der Waals surface area contributed by atoms with Gasteiger partial charge in [-0.15, -0.1) is 0 Å². The molecule has 4 aromatic carbocycles. The summed E-state index contributed by atoms with van der Waals surface area (Å²) in [5, 5.41) is -1.69. The van der Waals surface area contributed by atoms with E-state index in [0.717, 1.165) is 5.56 Å². The number of fused-ring (bicyclic) bond motifs is 1. The molecule has 0 N–H and O–H groups in total. The molecule has 0 aliphatic heterocycles. The first-order valence-electron chi connectivity index (χ1n) is 10.00. The van der Waals surface area contributed by atoms with Crippen molar-refractivity contribution >= 4 is 16.7 Å². The van der Waals surface area contributed by atoms with Crippen LogP contribution in [-0.4, -0.2) is 5.97 Å². The Morgan fingerprint density at radius 1 is 0.750 bits per heavy atom. The van der Waals surface area contributed by atoms with Crippen LogP contribution in [0, 0.1) is 41.8 Å². The maximum Gasteiger partial charge on any atom is 0.429 e. The summed E-state index contributed by atoms with van der Waals surface area (Å²) >= 11 is 0. The Bertz CT molecular complexity index is 1500. The highest BCUT2D eigenvalue weighted by molar-refractivity contribution is 5.91. The van der Waals surface area contributed by atoms with Gasteiger partial charge in [0.25, 0.3) is 0 Å². The highest BCUT2D eigenvalue weighted by Gasteiger charge is 2.40. The van der Waals surface area contributed by atoms with E-state index in [1.807, 2.05) is 0 Å². The molecule has 0 unspecified atom stereocenters. The zero-order valence-electron chi connectivity index (χ0n) is 17.9. The van der Waals surface area contributed by atoms with Gasteiger partial charge in [0.15, 0.2) is 29.0 Å². The van der Waals surface area contributed by atoms with Crippen LogP contribution in [0.25, 0.3) is 10.8 Å². The molecule has 0 aliphatic carbocycles. The maximum absolute atomic E-state index is 14.7. The van der Waals surface area contributed by atoms with Gasteiger partial charge in [0, 0.05) is 6.07 Å². The highest BCUT2D eigenvalue weighted by Crippen LogP contribution is 2.38. The molecule has 0 radical (unpaired) electrons. The number of benzene rings is 4. The van der Waals surface area contributed by atoms with Crippen molar-refractivity contribution in [2.45, 2.75) is 13.0 Å². The Kier molecular flexibility index (Phi) is 6.33. The second-order valence-electron chi connectivity index (χ2n) is 7.60. The van der Waals surface area contributed by atoms with Crippen LogP contribution in [0.15, 0.2) is 54.6 Å². The van der Waals surface area contributed by atoms with Crippen molar-refractivity contribution in [1.29, 1.82) is 0 Å². The fourth-order valence-electron chi connectivity index (χ4n) is 3.31. The van der Waals surface area contributed by atoms with Gasteiger partial charge in [-0.05, 0) is 48.7 Å². The minimum atomic E-state index is -4.62. The number of rotatable bonds is 5. The monoisotopic (exact) mass is 512 g/mol. The van der Waals surface area contributed by atoms with Gasteiger partial charge in [-0.3, -0.25) is 0 Å². The zero-order valence-corrected chi connectivity index (χ0v) is 17.9. The predicted octanol–water partition coefficient (Wildman–Crippen LogP) is 7.33. The van der Waals surface area contributed by atoms with Gasteiger partial charge in [0.05, 0.1) is 10.9 Å². The molecule has 0 saturated carbocycles. The summed E-state index contributed by atoms with van der Waals surface area (Å²) in [7, 11) is 0. The molecule has 0 aliphatic rings. The maximum atomic E-state index is 14.7. The molecule has 0 saturated heterocycles. The lowest BCUT2D eigenvalue weighted by Gasteiger charge is -2.20. The van der Waals surface area contributed by atoms with Crippen molar-refractivity contribution in [3.05, 3.63) is 106 Å². The summed E-state index contributed by atoms with van der Waals surface area (Å²) in [5.41, 5.74) is -0.847. The summed E-state index contributed by atoms with van der Waals surface area (Å²) in [4.78, 5) is 12.1. The fourth-order valence-corrected chi connectivity index (χ4v) is 3.31. The van der Waals surface area contributed by atoms with Crippen LogP contribution in [0.1, 0.15) is 21.5 Å². The van der Waals surface area contributed by atoms with Crippen molar-refractivity contribution in [3.63, 3.8) is 0 Å². The Morgan fingerprint density at radius 2 is 1.42 bits per heavy atom. The summed E-state index contributed by atoms with van der Waals surface area (Å²) in [6.45, 7) is 1.74. The third kappa shape index (κ3) is 4.56. The van der Waals surface area contributed by atoms with Gasteiger partial charge >= 0.3 is 12.1 Å². The molecule has 4 aromatic rings. The first-order valence-corrected chi connectivity index (χ1v) is 10.00. The average Bonchev–Trinajstić information content (AvgIpc) is 2.80. The van der Waals surface area contributed by atoms with Crippen LogP contribution in [0.5, 0.6) is 11.5 Å². The van der Waals surface area contributed by atoms with E-state index in [4.69, 9.17) is 4.74 Å². The van der Waals surface area contributed by atoms with E-state index >= 15 is 0 Å². The van der Waals surface area contributed by atoms with Gasteiger partial charge < -0.3 is 9.47 Å². The third-order valence-electron chi connectivity index (χ3n) is 5.09. The number of ether oxygens (including phenoxy) is 2. The van der Waals surface area contributed by atoms with E-state index in [2.05, 4.69) is 4.74 Å². The number of alkyl halides is 2. The Morgan fingerprint density at radius 3 is 2.08 bits per heavy atom. The molecule has 0 fully saturated rings. The molecule has 0 spiro atoms. The van der Waals surface area contributed by atoms with Crippen LogP contribution < -0.4 is 9.47 Å². The molecule has 0 amide bonds. The number of aryl methyl sites for hydroxylation is 1. The average molecular weight is 512 g/mol. The Labute approximate surface area is 197 Å². The zero-order chi connectivity index (χ0) is 26.4. The normalized spacial score (nSPS) is 11.6. The van der Waals surface area contributed by atoms with Crippen molar-refractivity contribution < 1.29 is 49.4 Å². The minimum Gasteiger partial charge on any atom is -0.429 e. The number of carbonyl (C=O) groups excluding carboxylic acids is 1. The van der Waals surface area contributed by atoms with Gasteiger partial charge in [-0.1, -0.05) is 17.7 Å². The molecule has 186 valence electrons. The first kappa shape index (κ1) is 25.0. The molecular weight excluding hydrogens is 500 g/mol. The third-order valence-corrected chi connectivity index (χ3v) is 5.09. The lowest BCUT2D eigenvalue weighted by molar-refractivity contribution is -0.187. The number of hydrogen-bond donors (Lipinski definition) is 0. The summed E-state index contributed by atoms with van der Waals surface area (Å²) in [6.07, 6.45) is -4.62. The van der Waals surface area contributed by atoms with Gasteiger partial charge in [-0.25, -0.2) is 26.7 Å². The smallest absolute Gasteiger partial charge is 0.429 e. The van der Waals surface area contributed by atoms with Crippen LogP contribution in [0.2, 0.25) is 0 Å². The second-order valence-corrected chi connectivity index (χ2v) is 7.60. The largest absolute Gasteiger partial charge is 0.429 e. The van der Waals surface area contributed by atoms with E-state index < -0.39 is 74.8 Å². The fraction of sp³-hybridized carbons (Fsp3) is 0.0800. The SMILES string of the molecule is Cc1ccc(C(=O)Oc2ccc(C(F)(F)Oc3cc(F)c4c(F)c(F)c(F)cc4c3)c(F)c2F)cc1. The van der Waals surface area contributed by atoms with Crippen molar-refractivity contribution in [1.82, 2.24) is 0 Å². The number of esters is 1. The minimum absolute atomic E-state index is 0.00997. The number of halogens is 8. The number of hydrogen-bond acceptors (Lipinski definition) is 3. The predicted molar refractivity (Wildman–Crippen MR) is 111 cm³/mol. The summed E-state index contributed by atoms with van der Waals surface area (Å²) in [6, 6.07) is 7.92. The molecule has 0 heterocycles. The van der Waals surface area contributed by atoms with Gasteiger partial charge in [-0.2, -0.15) is 13.2 Å². The van der Waals surface area contributed by atoms with E-state index in [0.29, 0.717) is 24.3 Å². The van der Waals surface area contributed by atoms with E-state index in [1.165, 1.54) is 12.1 Å². The molecule has 36 heavy (non-hydrogen) atoms. The van der Waals surface area contributed by atoms with Crippen LogP contribution >= 0.6 is 0 Å². The number of carbonyl (C=O) groups is 1. The van der Waals surface area contributed by atoms with Crippen molar-refractivity contribution in [3.8, 4) is 11.5 Å². The van der Waals surface area contributed by atoms with Gasteiger partial charge in [0.1, 0.15) is 17.1 Å². The van der Waals surface area contributed by atoms with E-state index in [-0.39, 0.29) is 11.6 Å². The summed E-state index contributed by atoms with van der Waals surface area (Å²) in [5.74, 6) is -14.3. The molecule has 0 aromatic heterocycles. The van der Waals surface area contributed by atoms with Crippen molar-refractivity contribution in [2.24, 2.45) is 0 Å². The van der Waals surface area contributed by atoms with Gasteiger partial charge in [0.2, 0.25) is 5.82 Å². The van der Waals surface area contributed by atoms with Crippen LogP contribution in [0.3, 0.4) is 0 Å². The van der Waals surface area contributed by atoms with Crippen molar-refractivity contribution in [2.75, 3.05) is 0 Å². The standard InChI is InChI=1S/C25H12F8O3/c1-11-2-4-12(5-3-11)24(34)35-18-7-6-15(20(28)22(18)30)25(32,33)36-14-8-13-9-17(27)21(29)23(31)19(13)16(26)10-14/h2-10H,1H3. The first-order chi connectivity index (χ1) is 16.9.